The Balaban J connectivity index is 2.46. The van der Waals surface area contributed by atoms with E-state index < -0.39 is 0 Å². The molecular formula is C10H15NO2. The lowest BCUT2D eigenvalue weighted by molar-refractivity contribution is -0.285. The van der Waals surface area contributed by atoms with E-state index in [1.54, 1.807) is 0 Å². The van der Waals surface area contributed by atoms with Crippen LogP contribution < -0.4 is 5.32 Å². The van der Waals surface area contributed by atoms with E-state index in [-0.39, 0.29) is 6.23 Å². The molecule has 0 aromatic heterocycles. The average molecular weight is 181 g/mol. The van der Waals surface area contributed by atoms with E-state index in [9.17, 15) is 0 Å². The second-order valence-electron chi connectivity index (χ2n) is 2.84. The summed E-state index contributed by atoms with van der Waals surface area (Å²) in [6.45, 7) is 2.75. The lowest BCUT2D eigenvalue weighted by Gasteiger charge is -2.13. The van der Waals surface area contributed by atoms with Crippen molar-refractivity contribution in [3.05, 3.63) is 35.9 Å². The van der Waals surface area contributed by atoms with E-state index in [1.165, 1.54) is 0 Å². The lowest BCUT2D eigenvalue weighted by atomic mass is 10.1. The van der Waals surface area contributed by atoms with Gasteiger partial charge in [0.2, 0.25) is 0 Å². The summed E-state index contributed by atoms with van der Waals surface area (Å²) in [6.07, 6.45) is 0.359. The molecule has 0 aliphatic rings. The molecule has 0 aliphatic heterocycles. The number of likely N-dealkylation sites (N-methyl/N-ethyl adjacent to an activating group) is 1. The van der Waals surface area contributed by atoms with Crippen molar-refractivity contribution in [2.75, 3.05) is 6.54 Å². The molecule has 0 radical (unpaired) electrons. The van der Waals surface area contributed by atoms with Crippen LogP contribution in [0.4, 0.5) is 0 Å². The molecule has 1 unspecified atom stereocenters. The topological polar surface area (TPSA) is 41.5 Å². The first-order valence-corrected chi connectivity index (χ1v) is 4.44. The van der Waals surface area contributed by atoms with Crippen LogP contribution in [0.1, 0.15) is 12.5 Å². The fourth-order valence-corrected chi connectivity index (χ4v) is 1.20. The van der Waals surface area contributed by atoms with E-state index in [0.29, 0.717) is 6.42 Å². The molecule has 0 spiro atoms. The Morgan fingerprint density at radius 2 is 2.08 bits per heavy atom. The summed E-state index contributed by atoms with van der Waals surface area (Å²) in [5, 5.41) is 11.6. The fourth-order valence-electron chi connectivity index (χ4n) is 1.20. The first-order valence-electron chi connectivity index (χ1n) is 4.44. The minimum Gasteiger partial charge on any atom is -0.289 e. The first kappa shape index (κ1) is 10.2. The molecule has 0 amide bonds. The van der Waals surface area contributed by atoms with Crippen LogP contribution >= 0.6 is 0 Å². The Hall–Kier alpha value is -0.900. The van der Waals surface area contributed by atoms with Crippen LogP contribution in [0.15, 0.2) is 30.3 Å². The van der Waals surface area contributed by atoms with E-state index in [4.69, 9.17) is 5.26 Å². The Bertz CT molecular complexity index is 226. The van der Waals surface area contributed by atoms with Crippen molar-refractivity contribution in [3.8, 4) is 0 Å². The van der Waals surface area contributed by atoms with Crippen LogP contribution in [0.25, 0.3) is 0 Å². The zero-order chi connectivity index (χ0) is 9.52. The van der Waals surface area contributed by atoms with Crippen molar-refractivity contribution in [2.24, 2.45) is 0 Å². The summed E-state index contributed by atoms with van der Waals surface area (Å²) < 4.78 is 0. The van der Waals surface area contributed by atoms with Crippen molar-refractivity contribution in [1.82, 2.24) is 5.32 Å². The molecule has 1 rings (SSSR count). The average Bonchev–Trinajstić information content (AvgIpc) is 2.19. The van der Waals surface area contributed by atoms with Gasteiger partial charge >= 0.3 is 0 Å². The molecule has 1 aromatic carbocycles. The molecule has 3 heteroatoms. The third-order valence-corrected chi connectivity index (χ3v) is 1.82. The maximum Gasteiger partial charge on any atom is 0.147 e. The molecule has 1 atom stereocenters. The number of rotatable bonds is 5. The molecule has 1 aromatic rings. The fraction of sp³-hybridized carbons (Fsp3) is 0.400. The number of hydrogen-bond acceptors (Lipinski definition) is 3. The molecular weight excluding hydrogens is 166 g/mol. The SMILES string of the molecule is CCNC(Cc1ccccc1)OO. The Labute approximate surface area is 78.3 Å². The highest BCUT2D eigenvalue weighted by atomic mass is 17.1. The van der Waals surface area contributed by atoms with Gasteiger partial charge in [-0.15, -0.1) is 0 Å². The molecule has 13 heavy (non-hydrogen) atoms. The summed E-state index contributed by atoms with van der Waals surface area (Å²) in [4.78, 5) is 4.28. The summed E-state index contributed by atoms with van der Waals surface area (Å²) in [5.74, 6) is 0. The lowest BCUT2D eigenvalue weighted by Crippen LogP contribution is -2.32. The largest absolute Gasteiger partial charge is 0.289 e. The Morgan fingerprint density at radius 3 is 2.62 bits per heavy atom. The van der Waals surface area contributed by atoms with Crippen molar-refractivity contribution >= 4 is 0 Å². The minimum absolute atomic E-state index is 0.313. The monoisotopic (exact) mass is 181 g/mol. The smallest absolute Gasteiger partial charge is 0.147 e. The first-order chi connectivity index (χ1) is 6.36. The molecule has 2 N–H and O–H groups in total. The van der Waals surface area contributed by atoms with Crippen molar-refractivity contribution < 1.29 is 10.1 Å². The molecule has 72 valence electrons. The number of hydrogen-bond donors (Lipinski definition) is 2. The van der Waals surface area contributed by atoms with Crippen LogP contribution in [0, 0.1) is 0 Å². The predicted molar refractivity (Wildman–Crippen MR) is 51.3 cm³/mol. The molecule has 3 nitrogen and oxygen atoms in total. The van der Waals surface area contributed by atoms with Gasteiger partial charge in [0, 0.05) is 6.42 Å². The summed E-state index contributed by atoms with van der Waals surface area (Å²) in [5.41, 5.74) is 1.14. The standard InChI is InChI=1S/C10H15NO2/c1-2-11-10(13-12)8-9-6-4-3-5-7-9/h3-7,10-12H,2,8H2,1H3. The van der Waals surface area contributed by atoms with Gasteiger partial charge in [-0.3, -0.25) is 10.6 Å². The zero-order valence-electron chi connectivity index (χ0n) is 7.73. The molecule has 0 saturated carbocycles. The van der Waals surface area contributed by atoms with Gasteiger partial charge in [-0.1, -0.05) is 37.3 Å². The molecule has 0 bridgehead atoms. The van der Waals surface area contributed by atoms with Gasteiger partial charge in [-0.2, -0.15) is 0 Å². The second kappa shape index (κ2) is 5.70. The van der Waals surface area contributed by atoms with Crippen molar-refractivity contribution in [1.29, 1.82) is 0 Å². The third kappa shape index (κ3) is 3.55. The van der Waals surface area contributed by atoms with Crippen molar-refractivity contribution in [2.45, 2.75) is 19.6 Å². The molecule has 0 fully saturated rings. The van der Waals surface area contributed by atoms with Crippen LogP contribution in [0.2, 0.25) is 0 Å². The zero-order valence-corrected chi connectivity index (χ0v) is 7.73. The highest BCUT2D eigenvalue weighted by Crippen LogP contribution is 2.02. The number of nitrogens with one attached hydrogen (secondary N) is 1. The van der Waals surface area contributed by atoms with Crippen LogP contribution in [0.3, 0.4) is 0 Å². The van der Waals surface area contributed by atoms with Gasteiger partial charge in [0.1, 0.15) is 6.23 Å². The van der Waals surface area contributed by atoms with Gasteiger partial charge < -0.3 is 0 Å². The highest BCUT2D eigenvalue weighted by Gasteiger charge is 2.06. The van der Waals surface area contributed by atoms with Gasteiger partial charge in [-0.05, 0) is 12.1 Å². The van der Waals surface area contributed by atoms with Gasteiger partial charge in [0.25, 0.3) is 0 Å². The molecule has 0 aliphatic carbocycles. The van der Waals surface area contributed by atoms with E-state index in [1.807, 2.05) is 37.3 Å². The maximum absolute atomic E-state index is 8.56. The highest BCUT2D eigenvalue weighted by molar-refractivity contribution is 5.15. The Kier molecular flexibility index (Phi) is 4.46. The second-order valence-corrected chi connectivity index (χ2v) is 2.84. The predicted octanol–water partition coefficient (Wildman–Crippen LogP) is 1.65. The van der Waals surface area contributed by atoms with Crippen LogP contribution in [-0.2, 0) is 11.3 Å². The maximum atomic E-state index is 8.56. The quantitative estimate of drug-likeness (QED) is 0.412. The third-order valence-electron chi connectivity index (χ3n) is 1.82. The van der Waals surface area contributed by atoms with Gasteiger partial charge in [0.05, 0.1) is 0 Å². The van der Waals surface area contributed by atoms with E-state index in [0.717, 1.165) is 12.1 Å². The normalized spacial score (nSPS) is 12.8. The van der Waals surface area contributed by atoms with Crippen LogP contribution in [0.5, 0.6) is 0 Å². The van der Waals surface area contributed by atoms with Crippen molar-refractivity contribution in [3.63, 3.8) is 0 Å². The molecule has 0 saturated heterocycles. The molecule has 0 heterocycles. The van der Waals surface area contributed by atoms with Gasteiger partial charge in [-0.25, -0.2) is 4.89 Å². The van der Waals surface area contributed by atoms with E-state index in [2.05, 4.69) is 10.2 Å². The van der Waals surface area contributed by atoms with E-state index >= 15 is 0 Å². The van der Waals surface area contributed by atoms with Gasteiger partial charge in [0.15, 0.2) is 0 Å². The number of benzene rings is 1. The minimum atomic E-state index is -0.313. The summed E-state index contributed by atoms with van der Waals surface area (Å²) >= 11 is 0. The summed E-state index contributed by atoms with van der Waals surface area (Å²) in [7, 11) is 0. The van der Waals surface area contributed by atoms with Crippen LogP contribution in [-0.4, -0.2) is 18.0 Å². The Morgan fingerprint density at radius 1 is 1.38 bits per heavy atom. The summed E-state index contributed by atoms with van der Waals surface area (Å²) in [6, 6.07) is 9.91.